The second-order valence-corrected chi connectivity index (χ2v) is 9.43. The van der Waals surface area contributed by atoms with Crippen molar-refractivity contribution in [2.75, 3.05) is 32.2 Å². The monoisotopic (exact) mass is 514 g/mol. The van der Waals surface area contributed by atoms with Crippen LogP contribution in [0.3, 0.4) is 0 Å². The highest BCUT2D eigenvalue weighted by atomic mass is 32.2. The van der Waals surface area contributed by atoms with Crippen molar-refractivity contribution >= 4 is 21.6 Å². The van der Waals surface area contributed by atoms with Gasteiger partial charge in [-0.25, -0.2) is 8.42 Å². The van der Waals surface area contributed by atoms with Crippen LogP contribution in [0.2, 0.25) is 0 Å². The Morgan fingerprint density at radius 1 is 0.861 bits per heavy atom. The van der Waals surface area contributed by atoms with Gasteiger partial charge in [-0.05, 0) is 79.6 Å². The molecule has 0 aliphatic carbocycles. The number of nitrogens with one attached hydrogen (secondary N) is 2. The van der Waals surface area contributed by atoms with Gasteiger partial charge in [-0.3, -0.25) is 9.52 Å². The maximum Gasteiger partial charge on any atom is 0.261 e. The van der Waals surface area contributed by atoms with E-state index in [-0.39, 0.29) is 24.0 Å². The van der Waals surface area contributed by atoms with Crippen LogP contribution in [0.25, 0.3) is 0 Å². The number of sulfonamides is 1. The van der Waals surface area contributed by atoms with Gasteiger partial charge in [0, 0.05) is 12.2 Å². The lowest BCUT2D eigenvalue weighted by atomic mass is 10.2. The number of anilines is 1. The van der Waals surface area contributed by atoms with E-state index in [2.05, 4.69) is 10.0 Å². The Morgan fingerprint density at radius 2 is 1.56 bits per heavy atom. The molecule has 3 aromatic carbocycles. The normalized spacial score (nSPS) is 10.9. The minimum absolute atomic E-state index is 0.0825. The SMILES string of the molecule is CCOc1ccc(NS(=O)(=O)c2ccc(OCC(=O)NCc3ccc(OC)c(OC)c3)c(C)c2)cc1. The molecule has 0 radical (unpaired) electrons. The Balaban J connectivity index is 1.56. The Bertz CT molecular complexity index is 1290. The number of carbonyl (C=O) groups excluding carboxylic acids is 1. The van der Waals surface area contributed by atoms with Crippen LogP contribution in [-0.2, 0) is 21.4 Å². The van der Waals surface area contributed by atoms with Crippen molar-refractivity contribution in [3.63, 3.8) is 0 Å². The third kappa shape index (κ3) is 7.05. The summed E-state index contributed by atoms with van der Waals surface area (Å²) >= 11 is 0. The number of benzene rings is 3. The standard InChI is InChI=1S/C26H30N2O7S/c1-5-34-21-9-7-20(8-10-21)28-36(30,31)22-11-13-23(18(2)14-22)35-17-26(29)27-16-19-6-12-24(32-3)25(15-19)33-4/h6-15,28H,5,16-17H2,1-4H3,(H,27,29). The molecule has 0 spiro atoms. The summed E-state index contributed by atoms with van der Waals surface area (Å²) in [4.78, 5) is 12.3. The molecule has 10 heteroatoms. The van der Waals surface area contributed by atoms with E-state index in [1.54, 1.807) is 57.5 Å². The summed E-state index contributed by atoms with van der Waals surface area (Å²) in [7, 11) is -0.705. The smallest absolute Gasteiger partial charge is 0.261 e. The summed E-state index contributed by atoms with van der Waals surface area (Å²) in [6.07, 6.45) is 0. The molecule has 0 bridgehead atoms. The summed E-state index contributed by atoms with van der Waals surface area (Å²) in [6, 6.07) is 16.5. The van der Waals surface area contributed by atoms with Crippen molar-refractivity contribution < 1.29 is 32.2 Å². The first-order valence-electron chi connectivity index (χ1n) is 11.2. The molecular weight excluding hydrogens is 484 g/mol. The van der Waals surface area contributed by atoms with Crippen LogP contribution in [0, 0.1) is 6.92 Å². The molecule has 36 heavy (non-hydrogen) atoms. The highest BCUT2D eigenvalue weighted by Crippen LogP contribution is 2.27. The predicted octanol–water partition coefficient (Wildman–Crippen LogP) is 3.91. The minimum Gasteiger partial charge on any atom is -0.494 e. The number of amides is 1. The summed E-state index contributed by atoms with van der Waals surface area (Å²) in [6.45, 7) is 4.19. The molecule has 0 aliphatic rings. The second kappa shape index (κ2) is 12.2. The number of methoxy groups -OCH3 is 2. The van der Waals surface area contributed by atoms with Gasteiger partial charge in [0.05, 0.1) is 25.7 Å². The van der Waals surface area contributed by atoms with Crippen molar-refractivity contribution in [2.24, 2.45) is 0 Å². The Morgan fingerprint density at radius 3 is 2.19 bits per heavy atom. The Hall–Kier alpha value is -3.92. The van der Waals surface area contributed by atoms with E-state index in [1.807, 2.05) is 13.0 Å². The van der Waals surface area contributed by atoms with E-state index < -0.39 is 10.0 Å². The predicted molar refractivity (Wildman–Crippen MR) is 136 cm³/mol. The molecule has 3 aromatic rings. The van der Waals surface area contributed by atoms with Gasteiger partial charge >= 0.3 is 0 Å². The first-order valence-corrected chi connectivity index (χ1v) is 12.7. The summed E-state index contributed by atoms with van der Waals surface area (Å²) in [5, 5.41) is 2.78. The van der Waals surface area contributed by atoms with E-state index in [0.29, 0.717) is 40.9 Å². The molecule has 1 amide bonds. The van der Waals surface area contributed by atoms with Gasteiger partial charge in [-0.2, -0.15) is 0 Å². The molecule has 0 aliphatic heterocycles. The molecule has 0 saturated carbocycles. The van der Waals surface area contributed by atoms with Crippen molar-refractivity contribution in [3.05, 3.63) is 71.8 Å². The van der Waals surface area contributed by atoms with Gasteiger partial charge in [0.15, 0.2) is 18.1 Å². The first-order chi connectivity index (χ1) is 17.2. The second-order valence-electron chi connectivity index (χ2n) is 7.74. The van der Waals surface area contributed by atoms with Crippen LogP contribution in [0.4, 0.5) is 5.69 Å². The average molecular weight is 515 g/mol. The molecule has 0 heterocycles. The van der Waals surface area contributed by atoms with E-state index in [4.69, 9.17) is 18.9 Å². The fraction of sp³-hybridized carbons (Fsp3) is 0.269. The topological polar surface area (TPSA) is 112 Å². The Kier molecular flexibility index (Phi) is 9.02. The van der Waals surface area contributed by atoms with Crippen molar-refractivity contribution in [3.8, 4) is 23.0 Å². The summed E-state index contributed by atoms with van der Waals surface area (Å²) in [5.41, 5.74) is 1.84. The maximum atomic E-state index is 12.8. The van der Waals surface area contributed by atoms with E-state index in [9.17, 15) is 13.2 Å². The van der Waals surface area contributed by atoms with Crippen molar-refractivity contribution in [1.29, 1.82) is 0 Å². The summed E-state index contributed by atoms with van der Waals surface area (Å²) in [5.74, 6) is 1.93. The molecule has 0 aromatic heterocycles. The lowest BCUT2D eigenvalue weighted by Crippen LogP contribution is -2.28. The third-order valence-electron chi connectivity index (χ3n) is 5.17. The molecule has 3 rings (SSSR count). The van der Waals surface area contributed by atoms with E-state index in [0.717, 1.165) is 5.56 Å². The number of hydrogen-bond acceptors (Lipinski definition) is 7. The molecule has 0 unspecified atom stereocenters. The molecular formula is C26H30N2O7S. The van der Waals surface area contributed by atoms with Gasteiger partial charge < -0.3 is 24.3 Å². The number of aryl methyl sites for hydroxylation is 1. The molecule has 2 N–H and O–H groups in total. The fourth-order valence-corrected chi connectivity index (χ4v) is 4.48. The van der Waals surface area contributed by atoms with Gasteiger partial charge in [-0.1, -0.05) is 6.07 Å². The zero-order valence-electron chi connectivity index (χ0n) is 20.7. The number of hydrogen-bond donors (Lipinski definition) is 2. The molecule has 0 saturated heterocycles. The lowest BCUT2D eigenvalue weighted by molar-refractivity contribution is -0.123. The zero-order chi connectivity index (χ0) is 26.1. The highest BCUT2D eigenvalue weighted by Gasteiger charge is 2.16. The van der Waals surface area contributed by atoms with E-state index >= 15 is 0 Å². The van der Waals surface area contributed by atoms with Gasteiger partial charge in [0.25, 0.3) is 15.9 Å². The summed E-state index contributed by atoms with van der Waals surface area (Å²) < 4.78 is 49.6. The minimum atomic E-state index is -3.80. The van der Waals surface area contributed by atoms with Gasteiger partial charge in [-0.15, -0.1) is 0 Å². The van der Waals surface area contributed by atoms with Crippen molar-refractivity contribution in [2.45, 2.75) is 25.3 Å². The number of rotatable bonds is 12. The van der Waals surface area contributed by atoms with Crippen LogP contribution in [0.5, 0.6) is 23.0 Å². The largest absolute Gasteiger partial charge is 0.494 e. The van der Waals surface area contributed by atoms with Crippen molar-refractivity contribution in [1.82, 2.24) is 5.32 Å². The average Bonchev–Trinajstić information content (AvgIpc) is 2.87. The van der Waals surface area contributed by atoms with Gasteiger partial charge in [0.1, 0.15) is 11.5 Å². The third-order valence-corrected chi connectivity index (χ3v) is 6.55. The van der Waals surface area contributed by atoms with Crippen LogP contribution >= 0.6 is 0 Å². The highest BCUT2D eigenvalue weighted by molar-refractivity contribution is 7.92. The zero-order valence-corrected chi connectivity index (χ0v) is 21.5. The quantitative estimate of drug-likeness (QED) is 0.377. The fourth-order valence-electron chi connectivity index (χ4n) is 3.34. The van der Waals surface area contributed by atoms with Crippen LogP contribution in [0.15, 0.2) is 65.6 Å². The number of carbonyl (C=O) groups is 1. The molecule has 9 nitrogen and oxygen atoms in total. The molecule has 0 fully saturated rings. The Labute approximate surface area is 211 Å². The van der Waals surface area contributed by atoms with Crippen LogP contribution in [0.1, 0.15) is 18.1 Å². The lowest BCUT2D eigenvalue weighted by Gasteiger charge is -2.13. The maximum absolute atomic E-state index is 12.8. The van der Waals surface area contributed by atoms with E-state index in [1.165, 1.54) is 18.2 Å². The van der Waals surface area contributed by atoms with Crippen LogP contribution in [-0.4, -0.2) is 41.8 Å². The molecule has 192 valence electrons. The molecule has 0 atom stereocenters. The van der Waals surface area contributed by atoms with Gasteiger partial charge in [0.2, 0.25) is 0 Å². The number of ether oxygens (including phenoxy) is 4. The first kappa shape index (κ1) is 26.7. The van der Waals surface area contributed by atoms with Crippen LogP contribution < -0.4 is 29.0 Å².